The number of nitriles is 1. The highest BCUT2D eigenvalue weighted by Gasteiger charge is 2.17. The molecule has 2 amide bonds. The fraction of sp³-hybridized carbons (Fsp3) is 0.211. The summed E-state index contributed by atoms with van der Waals surface area (Å²) in [5, 5.41) is 24.6. The van der Waals surface area contributed by atoms with E-state index in [0.29, 0.717) is 17.4 Å². The van der Waals surface area contributed by atoms with Crippen molar-refractivity contribution >= 4 is 45.3 Å². The number of carbonyl (C=O) groups excluding carboxylic acids is 2. The van der Waals surface area contributed by atoms with Crippen LogP contribution in [0.5, 0.6) is 0 Å². The minimum absolute atomic E-state index is 0.0298. The molecule has 0 unspecified atom stereocenters. The van der Waals surface area contributed by atoms with Crippen molar-refractivity contribution in [2.75, 3.05) is 16.8 Å². The Kier molecular flexibility index (Phi) is 6.84. The number of nitrogens with zero attached hydrogens (tertiary/aromatic N) is 4. The van der Waals surface area contributed by atoms with E-state index in [1.165, 1.54) is 16.2 Å². The quantitative estimate of drug-likeness (QED) is 0.605. The second-order valence-electron chi connectivity index (χ2n) is 5.76. The number of nitrogens with one attached hydrogen (secondary N) is 1. The number of thiophene rings is 1. The lowest BCUT2D eigenvalue weighted by Gasteiger charge is -2.21. The second kappa shape index (κ2) is 9.73. The molecule has 0 bridgehead atoms. The molecule has 3 aromatic rings. The van der Waals surface area contributed by atoms with Gasteiger partial charge in [0.1, 0.15) is 5.01 Å². The largest absolute Gasteiger partial charge is 0.311 e. The van der Waals surface area contributed by atoms with E-state index in [4.69, 9.17) is 5.26 Å². The van der Waals surface area contributed by atoms with E-state index in [2.05, 4.69) is 15.5 Å². The first kappa shape index (κ1) is 19.7. The highest BCUT2D eigenvalue weighted by atomic mass is 32.1. The average Bonchev–Trinajstić information content (AvgIpc) is 3.39. The molecule has 0 fully saturated rings. The lowest BCUT2D eigenvalue weighted by atomic mass is 10.2. The van der Waals surface area contributed by atoms with Crippen molar-refractivity contribution in [2.45, 2.75) is 19.3 Å². The first-order valence-corrected chi connectivity index (χ1v) is 10.3. The molecule has 142 valence electrons. The summed E-state index contributed by atoms with van der Waals surface area (Å²) in [6.45, 7) is 0.293. The first-order valence-electron chi connectivity index (χ1n) is 8.55. The van der Waals surface area contributed by atoms with E-state index in [0.717, 1.165) is 10.6 Å². The maximum atomic E-state index is 12.6. The van der Waals surface area contributed by atoms with Gasteiger partial charge in [0.25, 0.3) is 0 Å². The maximum absolute atomic E-state index is 12.6. The molecule has 3 rings (SSSR count). The Morgan fingerprint density at radius 1 is 1.14 bits per heavy atom. The van der Waals surface area contributed by atoms with Crippen LogP contribution in [0.2, 0.25) is 0 Å². The highest BCUT2D eigenvalue weighted by molar-refractivity contribution is 7.19. The van der Waals surface area contributed by atoms with Gasteiger partial charge in [-0.15, -0.1) is 10.2 Å². The van der Waals surface area contributed by atoms with Gasteiger partial charge in [-0.3, -0.25) is 9.59 Å². The van der Waals surface area contributed by atoms with E-state index in [9.17, 15) is 9.59 Å². The molecule has 9 heteroatoms. The monoisotopic (exact) mass is 411 g/mol. The second-order valence-corrected chi connectivity index (χ2v) is 7.52. The van der Waals surface area contributed by atoms with Crippen LogP contribution in [0.4, 0.5) is 10.8 Å². The van der Waals surface area contributed by atoms with Crippen molar-refractivity contribution in [1.29, 1.82) is 5.26 Å². The molecule has 1 aromatic carbocycles. The molecule has 7 nitrogen and oxygen atoms in total. The standard InChI is InChI=1S/C19H17N5O2S2/c20-10-4-11-24(15-5-2-1-3-6-15)17(26)8-7-16(25)21-19-23-22-18(28-19)14-9-12-27-13-14/h1-3,5-6,9,12-13H,4,7-8,11H2,(H,21,23,25). The smallest absolute Gasteiger partial charge is 0.227 e. The van der Waals surface area contributed by atoms with E-state index in [1.54, 1.807) is 11.3 Å². The van der Waals surface area contributed by atoms with E-state index >= 15 is 0 Å². The third kappa shape index (κ3) is 5.22. The number of anilines is 2. The zero-order valence-corrected chi connectivity index (χ0v) is 16.5. The molecule has 0 saturated carbocycles. The van der Waals surface area contributed by atoms with Crippen LogP contribution in [-0.2, 0) is 9.59 Å². The van der Waals surface area contributed by atoms with Crippen molar-refractivity contribution in [1.82, 2.24) is 10.2 Å². The summed E-state index contributed by atoms with van der Waals surface area (Å²) in [4.78, 5) is 26.3. The fourth-order valence-corrected chi connectivity index (χ4v) is 3.95. The SMILES string of the molecule is N#CCCN(C(=O)CCC(=O)Nc1nnc(-c2ccsc2)s1)c1ccccc1. The minimum Gasteiger partial charge on any atom is -0.311 e. The Hall–Kier alpha value is -3.09. The Balaban J connectivity index is 1.55. The summed E-state index contributed by atoms with van der Waals surface area (Å²) in [6, 6.07) is 13.1. The Bertz CT molecular complexity index is 964. The van der Waals surface area contributed by atoms with Crippen LogP contribution >= 0.6 is 22.7 Å². The van der Waals surface area contributed by atoms with Crippen molar-refractivity contribution in [3.8, 4) is 16.6 Å². The number of rotatable bonds is 8. The Labute approximate surface area is 170 Å². The Morgan fingerprint density at radius 3 is 2.68 bits per heavy atom. The van der Waals surface area contributed by atoms with E-state index in [-0.39, 0.29) is 31.1 Å². The molecular weight excluding hydrogens is 394 g/mol. The summed E-state index contributed by atoms with van der Waals surface area (Å²) >= 11 is 2.85. The van der Waals surface area contributed by atoms with E-state index < -0.39 is 0 Å². The molecule has 0 spiro atoms. The van der Waals surface area contributed by atoms with Gasteiger partial charge in [0.05, 0.1) is 12.5 Å². The third-order valence-electron chi connectivity index (χ3n) is 3.82. The molecular formula is C19H17N5O2S2. The number of benzene rings is 1. The van der Waals surface area contributed by atoms with Gasteiger partial charge in [0.15, 0.2) is 0 Å². The Morgan fingerprint density at radius 2 is 1.96 bits per heavy atom. The van der Waals surface area contributed by atoms with Crippen molar-refractivity contribution in [3.63, 3.8) is 0 Å². The van der Waals surface area contributed by atoms with Gasteiger partial charge in [-0.2, -0.15) is 16.6 Å². The molecule has 28 heavy (non-hydrogen) atoms. The summed E-state index contributed by atoms with van der Waals surface area (Å²) < 4.78 is 0. The van der Waals surface area contributed by atoms with Crippen molar-refractivity contribution in [2.24, 2.45) is 0 Å². The molecule has 2 heterocycles. The fourth-order valence-electron chi connectivity index (χ4n) is 2.48. The average molecular weight is 412 g/mol. The zero-order valence-electron chi connectivity index (χ0n) is 14.9. The summed E-state index contributed by atoms with van der Waals surface area (Å²) in [7, 11) is 0. The van der Waals surface area contributed by atoms with Crippen molar-refractivity contribution < 1.29 is 9.59 Å². The summed E-state index contributed by atoms with van der Waals surface area (Å²) in [6.07, 6.45) is 0.299. The predicted molar refractivity (Wildman–Crippen MR) is 110 cm³/mol. The normalized spacial score (nSPS) is 10.2. The number of hydrogen-bond acceptors (Lipinski definition) is 7. The molecule has 0 aliphatic heterocycles. The van der Waals surface area contributed by atoms with Crippen LogP contribution in [0.15, 0.2) is 47.2 Å². The van der Waals surface area contributed by atoms with E-state index in [1.807, 2.05) is 53.2 Å². The molecule has 2 aromatic heterocycles. The number of amides is 2. The van der Waals surface area contributed by atoms with Gasteiger partial charge in [0.2, 0.25) is 16.9 Å². The van der Waals surface area contributed by atoms with Gasteiger partial charge >= 0.3 is 0 Å². The van der Waals surface area contributed by atoms with Crippen LogP contribution in [0.3, 0.4) is 0 Å². The number of carbonyl (C=O) groups is 2. The van der Waals surface area contributed by atoms with Gasteiger partial charge in [-0.1, -0.05) is 29.5 Å². The van der Waals surface area contributed by atoms with Crippen LogP contribution in [0.1, 0.15) is 19.3 Å². The number of hydrogen-bond donors (Lipinski definition) is 1. The zero-order chi connectivity index (χ0) is 19.8. The summed E-state index contributed by atoms with van der Waals surface area (Å²) in [5.41, 5.74) is 1.68. The van der Waals surface area contributed by atoms with Crippen LogP contribution in [0, 0.1) is 11.3 Å². The van der Waals surface area contributed by atoms with Crippen LogP contribution in [0.25, 0.3) is 10.6 Å². The van der Waals surface area contributed by atoms with Crippen molar-refractivity contribution in [3.05, 3.63) is 47.2 Å². The maximum Gasteiger partial charge on any atom is 0.227 e. The highest BCUT2D eigenvalue weighted by Crippen LogP contribution is 2.28. The van der Waals surface area contributed by atoms with Crippen LogP contribution in [-0.4, -0.2) is 28.6 Å². The molecule has 0 saturated heterocycles. The topological polar surface area (TPSA) is 99.0 Å². The van der Waals surface area contributed by atoms with Gasteiger partial charge in [-0.05, 0) is 23.6 Å². The number of para-hydroxylation sites is 1. The molecule has 0 radical (unpaired) electrons. The first-order chi connectivity index (χ1) is 13.7. The molecule has 1 N–H and O–H groups in total. The lowest BCUT2D eigenvalue weighted by molar-refractivity contribution is -0.122. The number of aromatic nitrogens is 2. The third-order valence-corrected chi connectivity index (χ3v) is 5.39. The molecule has 0 aliphatic rings. The van der Waals surface area contributed by atoms with Gasteiger partial charge in [-0.25, -0.2) is 0 Å². The minimum atomic E-state index is -0.297. The van der Waals surface area contributed by atoms with Gasteiger partial charge in [0, 0.05) is 36.0 Å². The predicted octanol–water partition coefficient (Wildman–Crippen LogP) is 3.93. The van der Waals surface area contributed by atoms with Crippen LogP contribution < -0.4 is 10.2 Å². The van der Waals surface area contributed by atoms with Gasteiger partial charge < -0.3 is 10.2 Å². The summed E-state index contributed by atoms with van der Waals surface area (Å²) in [5.74, 6) is -0.498. The molecule has 0 aliphatic carbocycles. The molecule has 0 atom stereocenters. The lowest BCUT2D eigenvalue weighted by Crippen LogP contribution is -2.32.